The van der Waals surface area contributed by atoms with Gasteiger partial charge in [-0.1, -0.05) is 0 Å². The molecular weight excluding hydrogens is 178 g/mol. The molecule has 0 aliphatic rings. The van der Waals surface area contributed by atoms with Crippen LogP contribution in [-0.4, -0.2) is 44.2 Å². The second kappa shape index (κ2) is 4.14. The van der Waals surface area contributed by atoms with Crippen molar-refractivity contribution in [1.82, 2.24) is 25.9 Å². The molecule has 0 saturated carbocycles. The quantitative estimate of drug-likeness (QED) is 0.519. The molecule has 70 valence electrons. The molecule has 0 unspecified atom stereocenters. The van der Waals surface area contributed by atoms with Crippen LogP contribution in [-0.2, 0) is 4.79 Å². The van der Waals surface area contributed by atoms with Gasteiger partial charge in [0, 0.05) is 6.54 Å². The Morgan fingerprint density at radius 2 is 2.31 bits per heavy atom. The number of hydrogen-bond donors (Lipinski definition) is 3. The van der Waals surface area contributed by atoms with Gasteiger partial charge in [-0.3, -0.25) is 9.59 Å². The third kappa shape index (κ3) is 2.85. The van der Waals surface area contributed by atoms with Crippen molar-refractivity contribution in [3.63, 3.8) is 0 Å². The highest BCUT2D eigenvalue weighted by Gasteiger charge is 2.09. The molecule has 3 N–H and O–H groups in total. The maximum atomic E-state index is 11.0. The minimum atomic E-state index is -0.978. The molecule has 0 bridgehead atoms. The smallest absolute Gasteiger partial charge is 0.305 e. The average molecular weight is 185 g/mol. The molecule has 1 amide bonds. The van der Waals surface area contributed by atoms with Crippen molar-refractivity contribution in [2.45, 2.75) is 6.42 Å². The van der Waals surface area contributed by atoms with E-state index in [1.54, 1.807) is 0 Å². The number of carbonyl (C=O) groups excluding carboxylic acids is 1. The second-order valence-electron chi connectivity index (χ2n) is 2.14. The van der Waals surface area contributed by atoms with Gasteiger partial charge in [0.1, 0.15) is 0 Å². The maximum absolute atomic E-state index is 11.0. The lowest BCUT2D eigenvalue weighted by Gasteiger charge is -1.97. The van der Waals surface area contributed by atoms with E-state index >= 15 is 0 Å². The van der Waals surface area contributed by atoms with Crippen molar-refractivity contribution < 1.29 is 14.7 Å². The van der Waals surface area contributed by atoms with Gasteiger partial charge >= 0.3 is 5.97 Å². The minimum absolute atomic E-state index is 0.0444. The summed E-state index contributed by atoms with van der Waals surface area (Å²) in [5.74, 6) is -1.63. The molecule has 0 fully saturated rings. The van der Waals surface area contributed by atoms with Crippen molar-refractivity contribution in [3.8, 4) is 0 Å². The number of amides is 1. The first-order chi connectivity index (χ1) is 6.20. The number of aromatic amines is 1. The molecule has 0 aliphatic carbocycles. The number of nitrogens with one attached hydrogen (secondary N) is 2. The van der Waals surface area contributed by atoms with E-state index in [2.05, 4.69) is 25.9 Å². The monoisotopic (exact) mass is 185 g/mol. The number of tetrazole rings is 1. The van der Waals surface area contributed by atoms with E-state index in [-0.39, 0.29) is 18.8 Å². The fraction of sp³-hybridized carbons (Fsp3) is 0.400. The fourth-order valence-electron chi connectivity index (χ4n) is 0.620. The van der Waals surface area contributed by atoms with Crippen LogP contribution >= 0.6 is 0 Å². The molecule has 1 heterocycles. The molecule has 8 nitrogen and oxygen atoms in total. The van der Waals surface area contributed by atoms with Crippen LogP contribution in [0.2, 0.25) is 0 Å². The molecule has 0 saturated heterocycles. The fourth-order valence-corrected chi connectivity index (χ4v) is 0.620. The van der Waals surface area contributed by atoms with Gasteiger partial charge in [-0.15, -0.1) is 10.2 Å². The van der Waals surface area contributed by atoms with E-state index < -0.39 is 11.9 Å². The normalized spacial score (nSPS) is 9.54. The summed E-state index contributed by atoms with van der Waals surface area (Å²) in [7, 11) is 0. The highest BCUT2D eigenvalue weighted by molar-refractivity contribution is 5.90. The summed E-state index contributed by atoms with van der Waals surface area (Å²) >= 11 is 0. The molecule has 0 spiro atoms. The van der Waals surface area contributed by atoms with Gasteiger partial charge in [0.05, 0.1) is 6.42 Å². The number of carboxylic acid groups (broad SMARTS) is 1. The SMILES string of the molecule is O=C(O)CCNC(=O)c1nn[nH]n1. The largest absolute Gasteiger partial charge is 0.481 e. The Morgan fingerprint density at radius 3 is 2.85 bits per heavy atom. The van der Waals surface area contributed by atoms with E-state index in [9.17, 15) is 9.59 Å². The number of aliphatic carboxylic acids is 1. The van der Waals surface area contributed by atoms with E-state index in [1.165, 1.54) is 0 Å². The van der Waals surface area contributed by atoms with Crippen molar-refractivity contribution in [2.24, 2.45) is 0 Å². The first-order valence-corrected chi connectivity index (χ1v) is 3.43. The first kappa shape index (κ1) is 9.10. The molecule has 1 rings (SSSR count). The van der Waals surface area contributed by atoms with Gasteiger partial charge in [-0.2, -0.15) is 5.21 Å². The Balaban J connectivity index is 2.31. The molecule has 8 heteroatoms. The zero-order chi connectivity index (χ0) is 9.68. The van der Waals surface area contributed by atoms with Crippen molar-refractivity contribution >= 4 is 11.9 Å². The van der Waals surface area contributed by atoms with Crippen LogP contribution in [0.3, 0.4) is 0 Å². The third-order valence-corrected chi connectivity index (χ3v) is 1.17. The van der Waals surface area contributed by atoms with E-state index in [0.717, 1.165) is 0 Å². The topological polar surface area (TPSA) is 121 Å². The van der Waals surface area contributed by atoms with Gasteiger partial charge in [0.25, 0.3) is 11.7 Å². The Labute approximate surface area is 72.3 Å². The van der Waals surface area contributed by atoms with Crippen molar-refractivity contribution in [2.75, 3.05) is 6.54 Å². The van der Waals surface area contributed by atoms with Crippen molar-refractivity contribution in [3.05, 3.63) is 5.82 Å². The zero-order valence-corrected chi connectivity index (χ0v) is 6.52. The summed E-state index contributed by atoms with van der Waals surface area (Å²) in [6.45, 7) is 0.0444. The van der Waals surface area contributed by atoms with E-state index in [4.69, 9.17) is 5.11 Å². The summed E-state index contributed by atoms with van der Waals surface area (Å²) in [6.07, 6.45) is -0.135. The zero-order valence-electron chi connectivity index (χ0n) is 6.52. The Bertz CT molecular complexity index is 295. The Kier molecular flexibility index (Phi) is 2.90. The van der Waals surface area contributed by atoms with Crippen LogP contribution in [0.15, 0.2) is 0 Å². The van der Waals surface area contributed by atoms with Gasteiger partial charge in [-0.05, 0) is 5.21 Å². The third-order valence-electron chi connectivity index (χ3n) is 1.17. The number of H-pyrrole nitrogens is 1. The summed E-state index contributed by atoms with van der Waals surface area (Å²) in [5.41, 5.74) is 0. The molecule has 0 aliphatic heterocycles. The van der Waals surface area contributed by atoms with Gasteiger partial charge < -0.3 is 10.4 Å². The molecule has 13 heavy (non-hydrogen) atoms. The lowest BCUT2D eigenvalue weighted by molar-refractivity contribution is -0.136. The van der Waals surface area contributed by atoms with Crippen LogP contribution in [0.5, 0.6) is 0 Å². The highest BCUT2D eigenvalue weighted by Crippen LogP contribution is 1.83. The number of rotatable bonds is 4. The van der Waals surface area contributed by atoms with E-state index in [0.29, 0.717) is 0 Å². The molecule has 0 atom stereocenters. The van der Waals surface area contributed by atoms with Gasteiger partial charge in [0.2, 0.25) is 0 Å². The van der Waals surface area contributed by atoms with Gasteiger partial charge in [-0.25, -0.2) is 0 Å². The number of hydrogen-bond acceptors (Lipinski definition) is 5. The first-order valence-electron chi connectivity index (χ1n) is 3.43. The molecule has 1 aromatic heterocycles. The summed E-state index contributed by atoms with van der Waals surface area (Å²) in [5, 5.41) is 22.7. The number of aromatic nitrogens is 4. The predicted octanol–water partition coefficient (Wildman–Crippen LogP) is -1.60. The standard InChI is InChI=1S/C5H7N5O3/c11-3(12)1-2-6-5(13)4-7-9-10-8-4/h1-2H2,(H,6,13)(H,11,12)(H,7,8,9,10). The Morgan fingerprint density at radius 1 is 1.54 bits per heavy atom. The summed E-state index contributed by atoms with van der Waals surface area (Å²) in [6, 6.07) is 0. The lowest BCUT2D eigenvalue weighted by Crippen LogP contribution is -2.27. The highest BCUT2D eigenvalue weighted by atomic mass is 16.4. The van der Waals surface area contributed by atoms with Crippen molar-refractivity contribution in [1.29, 1.82) is 0 Å². The van der Waals surface area contributed by atoms with Gasteiger partial charge in [0.15, 0.2) is 0 Å². The maximum Gasteiger partial charge on any atom is 0.305 e. The predicted molar refractivity (Wildman–Crippen MR) is 38.8 cm³/mol. The molecular formula is C5H7N5O3. The van der Waals surface area contributed by atoms with Crippen LogP contribution in [0.25, 0.3) is 0 Å². The summed E-state index contributed by atoms with van der Waals surface area (Å²) < 4.78 is 0. The van der Waals surface area contributed by atoms with Crippen LogP contribution in [0.4, 0.5) is 0 Å². The van der Waals surface area contributed by atoms with Crippen LogP contribution < -0.4 is 5.32 Å². The molecule has 0 radical (unpaired) electrons. The van der Waals surface area contributed by atoms with E-state index in [1.807, 2.05) is 0 Å². The average Bonchev–Trinajstić information content (AvgIpc) is 2.55. The second-order valence-corrected chi connectivity index (χ2v) is 2.14. The lowest BCUT2D eigenvalue weighted by atomic mass is 10.4. The number of carboxylic acids is 1. The molecule has 0 aromatic carbocycles. The minimum Gasteiger partial charge on any atom is -0.481 e. The number of nitrogens with zero attached hydrogens (tertiary/aromatic N) is 3. The van der Waals surface area contributed by atoms with Crippen LogP contribution in [0.1, 0.15) is 17.0 Å². The van der Waals surface area contributed by atoms with Crippen LogP contribution in [0, 0.1) is 0 Å². The molecule has 1 aromatic rings. The summed E-state index contributed by atoms with van der Waals surface area (Å²) in [4.78, 5) is 21.1. The number of carbonyl (C=O) groups is 2. The Hall–Kier alpha value is -1.99.